The summed E-state index contributed by atoms with van der Waals surface area (Å²) in [5.74, 6) is 0.0333. The molecular weight excluding hydrogens is 320 g/mol. The number of anilines is 1. The molecule has 0 unspecified atom stereocenters. The third kappa shape index (κ3) is 3.09. The summed E-state index contributed by atoms with van der Waals surface area (Å²) >= 11 is 0. The zero-order valence-electron chi connectivity index (χ0n) is 13.8. The van der Waals surface area contributed by atoms with E-state index < -0.39 is 5.97 Å². The van der Waals surface area contributed by atoms with Gasteiger partial charge in [-0.15, -0.1) is 0 Å². The van der Waals surface area contributed by atoms with Gasteiger partial charge >= 0.3 is 5.97 Å². The largest absolute Gasteiger partial charge is 0.478 e. The molecule has 2 aliphatic rings. The summed E-state index contributed by atoms with van der Waals surface area (Å²) < 4.78 is 0. The fraction of sp³-hybridized carbons (Fsp3) is 0.389. The molecule has 7 nitrogen and oxygen atoms in total. The Morgan fingerprint density at radius 3 is 2.92 bits per heavy atom. The van der Waals surface area contributed by atoms with Crippen molar-refractivity contribution < 1.29 is 14.7 Å². The van der Waals surface area contributed by atoms with Gasteiger partial charge in [0, 0.05) is 32.0 Å². The number of pyridine rings is 1. The van der Waals surface area contributed by atoms with Crippen LogP contribution in [0.5, 0.6) is 0 Å². The predicted molar refractivity (Wildman–Crippen MR) is 91.6 cm³/mol. The average molecular weight is 340 g/mol. The van der Waals surface area contributed by atoms with E-state index in [0.717, 1.165) is 17.7 Å². The number of aromatic nitrogens is 2. The van der Waals surface area contributed by atoms with Gasteiger partial charge in [0.15, 0.2) is 0 Å². The number of nitrogens with one attached hydrogen (secondary N) is 2. The van der Waals surface area contributed by atoms with Crippen LogP contribution in [0.4, 0.5) is 5.82 Å². The molecule has 25 heavy (non-hydrogen) atoms. The molecule has 0 spiro atoms. The first kappa shape index (κ1) is 15.7. The number of H-pyrrole nitrogens is 1. The molecule has 0 bridgehead atoms. The SMILES string of the molecule is O=C(O)c1c(NCC2CC2)ncc2c1CCN(C(=O)c1ccc[nH]1)C2. The minimum atomic E-state index is -0.966. The zero-order valence-corrected chi connectivity index (χ0v) is 13.8. The van der Waals surface area contributed by atoms with Crippen LogP contribution < -0.4 is 5.32 Å². The number of carbonyl (C=O) groups excluding carboxylic acids is 1. The lowest BCUT2D eigenvalue weighted by atomic mass is 9.96. The summed E-state index contributed by atoms with van der Waals surface area (Å²) in [6.07, 6.45) is 6.31. The molecule has 1 saturated carbocycles. The van der Waals surface area contributed by atoms with E-state index in [4.69, 9.17) is 0 Å². The number of fused-ring (bicyclic) bond motifs is 1. The number of rotatable bonds is 5. The van der Waals surface area contributed by atoms with Gasteiger partial charge in [-0.05, 0) is 48.4 Å². The van der Waals surface area contributed by atoms with E-state index >= 15 is 0 Å². The Morgan fingerprint density at radius 2 is 2.24 bits per heavy atom. The fourth-order valence-electron chi connectivity index (χ4n) is 3.28. The highest BCUT2D eigenvalue weighted by atomic mass is 16.4. The number of amides is 1. The number of carbonyl (C=O) groups is 2. The first-order valence-corrected chi connectivity index (χ1v) is 8.54. The number of aromatic carboxylic acids is 1. The minimum absolute atomic E-state index is 0.0801. The monoisotopic (exact) mass is 340 g/mol. The van der Waals surface area contributed by atoms with Crippen molar-refractivity contribution in [2.45, 2.75) is 25.8 Å². The second kappa shape index (κ2) is 6.23. The number of hydrogen-bond donors (Lipinski definition) is 3. The van der Waals surface area contributed by atoms with Crippen LogP contribution in [0.2, 0.25) is 0 Å². The highest BCUT2D eigenvalue weighted by Crippen LogP contribution is 2.31. The fourth-order valence-corrected chi connectivity index (χ4v) is 3.28. The van der Waals surface area contributed by atoms with Crippen molar-refractivity contribution in [3.8, 4) is 0 Å². The molecule has 0 radical (unpaired) electrons. The minimum Gasteiger partial charge on any atom is -0.478 e. The van der Waals surface area contributed by atoms with Gasteiger partial charge in [-0.3, -0.25) is 4.79 Å². The Kier molecular flexibility index (Phi) is 3.91. The lowest BCUT2D eigenvalue weighted by Gasteiger charge is -2.29. The maximum Gasteiger partial charge on any atom is 0.339 e. The molecule has 2 aromatic heterocycles. The van der Waals surface area contributed by atoms with Crippen LogP contribution in [-0.4, -0.2) is 44.9 Å². The van der Waals surface area contributed by atoms with Crippen molar-refractivity contribution in [2.24, 2.45) is 5.92 Å². The smallest absolute Gasteiger partial charge is 0.339 e. The summed E-state index contributed by atoms with van der Waals surface area (Å²) in [4.78, 5) is 33.2. The van der Waals surface area contributed by atoms with Gasteiger partial charge in [-0.25, -0.2) is 9.78 Å². The Bertz CT molecular complexity index is 812. The van der Waals surface area contributed by atoms with Crippen molar-refractivity contribution in [1.82, 2.24) is 14.9 Å². The Labute approximate surface area is 145 Å². The maximum atomic E-state index is 12.5. The third-order valence-electron chi connectivity index (χ3n) is 4.85. The highest BCUT2D eigenvalue weighted by molar-refractivity contribution is 5.96. The van der Waals surface area contributed by atoms with Gasteiger partial charge in [0.25, 0.3) is 5.91 Å². The Morgan fingerprint density at radius 1 is 1.40 bits per heavy atom. The molecule has 3 N–H and O–H groups in total. The van der Waals surface area contributed by atoms with E-state index in [2.05, 4.69) is 15.3 Å². The van der Waals surface area contributed by atoms with Crippen molar-refractivity contribution in [1.29, 1.82) is 0 Å². The molecule has 0 atom stereocenters. The molecule has 1 amide bonds. The Hall–Kier alpha value is -2.83. The molecular formula is C18H20N4O3. The second-order valence-electron chi connectivity index (χ2n) is 6.68. The van der Waals surface area contributed by atoms with E-state index in [0.29, 0.717) is 36.9 Å². The van der Waals surface area contributed by atoms with Gasteiger partial charge in [0.1, 0.15) is 17.1 Å². The lowest BCUT2D eigenvalue weighted by Crippen LogP contribution is -2.37. The third-order valence-corrected chi connectivity index (χ3v) is 4.85. The van der Waals surface area contributed by atoms with Gasteiger partial charge in [-0.2, -0.15) is 0 Å². The molecule has 1 aliphatic carbocycles. The van der Waals surface area contributed by atoms with Crippen molar-refractivity contribution in [2.75, 3.05) is 18.4 Å². The van der Waals surface area contributed by atoms with E-state index in [1.807, 2.05) is 0 Å². The predicted octanol–water partition coefficient (Wildman–Crippen LogP) is 2.13. The molecule has 1 fully saturated rings. The summed E-state index contributed by atoms with van der Waals surface area (Å²) in [7, 11) is 0. The summed E-state index contributed by atoms with van der Waals surface area (Å²) in [6.45, 7) is 1.64. The number of carboxylic acids is 1. The molecule has 4 rings (SSSR count). The first-order valence-electron chi connectivity index (χ1n) is 8.54. The van der Waals surface area contributed by atoms with E-state index in [1.54, 1.807) is 29.4 Å². The molecule has 0 aromatic carbocycles. The second-order valence-corrected chi connectivity index (χ2v) is 6.68. The molecule has 3 heterocycles. The van der Waals surface area contributed by atoms with Gasteiger partial charge in [0.05, 0.1) is 0 Å². The number of hydrogen-bond acceptors (Lipinski definition) is 4. The normalized spacial score (nSPS) is 16.4. The first-order chi connectivity index (χ1) is 12.1. The number of carboxylic acid groups (broad SMARTS) is 1. The Balaban J connectivity index is 1.59. The van der Waals surface area contributed by atoms with Gasteiger partial charge in [0.2, 0.25) is 0 Å². The standard InChI is InChI=1S/C18H20N4O3/c23-17(14-2-1-6-19-14)22-7-5-13-12(10-22)9-21-16(15(13)18(24)25)20-8-11-3-4-11/h1-2,6,9,11,19H,3-5,7-8,10H2,(H,20,21)(H,24,25). The van der Waals surface area contributed by atoms with Crippen molar-refractivity contribution >= 4 is 17.7 Å². The maximum absolute atomic E-state index is 12.5. The van der Waals surface area contributed by atoms with Crippen LogP contribution in [0.25, 0.3) is 0 Å². The van der Waals surface area contributed by atoms with E-state index in [1.165, 1.54) is 12.8 Å². The quantitative estimate of drug-likeness (QED) is 0.774. The lowest BCUT2D eigenvalue weighted by molar-refractivity contribution is 0.0694. The van der Waals surface area contributed by atoms with Crippen LogP contribution in [0.3, 0.4) is 0 Å². The molecule has 2 aromatic rings. The van der Waals surface area contributed by atoms with E-state index in [9.17, 15) is 14.7 Å². The van der Waals surface area contributed by atoms with Crippen molar-refractivity contribution in [3.63, 3.8) is 0 Å². The molecule has 1 aliphatic heterocycles. The molecule has 7 heteroatoms. The van der Waals surface area contributed by atoms with Gasteiger partial charge in [-0.1, -0.05) is 0 Å². The average Bonchev–Trinajstić information content (AvgIpc) is 3.29. The summed E-state index contributed by atoms with van der Waals surface area (Å²) in [5, 5.41) is 12.8. The molecule has 130 valence electrons. The van der Waals surface area contributed by atoms with Crippen molar-refractivity contribution in [3.05, 3.63) is 46.9 Å². The van der Waals surface area contributed by atoms with Crippen LogP contribution in [-0.2, 0) is 13.0 Å². The zero-order chi connectivity index (χ0) is 17.4. The molecule has 0 saturated heterocycles. The van der Waals surface area contributed by atoms with Crippen LogP contribution >= 0.6 is 0 Å². The van der Waals surface area contributed by atoms with Gasteiger partial charge < -0.3 is 20.3 Å². The van der Waals surface area contributed by atoms with E-state index in [-0.39, 0.29) is 11.5 Å². The van der Waals surface area contributed by atoms with Crippen LogP contribution in [0, 0.1) is 5.92 Å². The highest BCUT2D eigenvalue weighted by Gasteiger charge is 2.29. The topological polar surface area (TPSA) is 98.3 Å². The van der Waals surface area contributed by atoms with Crippen LogP contribution in [0.15, 0.2) is 24.5 Å². The summed E-state index contributed by atoms with van der Waals surface area (Å²) in [6, 6.07) is 3.52. The summed E-state index contributed by atoms with van der Waals surface area (Å²) in [5.41, 5.74) is 2.39. The van der Waals surface area contributed by atoms with Crippen LogP contribution in [0.1, 0.15) is 44.8 Å². The number of aromatic amines is 1. The number of nitrogens with zero attached hydrogens (tertiary/aromatic N) is 2.